The molecule has 0 unspecified atom stereocenters. The number of hydrogen-bond acceptors (Lipinski definition) is 5. The van der Waals surface area contributed by atoms with Crippen LogP contribution >= 0.6 is 0 Å². The van der Waals surface area contributed by atoms with Gasteiger partial charge in [-0.15, -0.1) is 0 Å². The van der Waals surface area contributed by atoms with E-state index in [0.29, 0.717) is 21.6 Å². The molecule has 0 saturated heterocycles. The van der Waals surface area contributed by atoms with E-state index in [1.807, 2.05) is 0 Å². The monoisotopic (exact) mass is 270 g/mol. The summed E-state index contributed by atoms with van der Waals surface area (Å²) in [5, 5.41) is 16.4. The van der Waals surface area contributed by atoms with E-state index in [-0.39, 0.29) is 0 Å². The topological polar surface area (TPSA) is 126 Å². The van der Waals surface area contributed by atoms with Crippen LogP contribution in [0.5, 0.6) is 0 Å². The van der Waals surface area contributed by atoms with Gasteiger partial charge in [0.05, 0.1) is 0 Å². The van der Waals surface area contributed by atoms with E-state index in [0.717, 1.165) is 0 Å². The Bertz CT molecular complexity index is 437. The molecule has 92 valence electrons. The summed E-state index contributed by atoms with van der Waals surface area (Å²) in [6.07, 6.45) is -1.83. The van der Waals surface area contributed by atoms with Gasteiger partial charge < -0.3 is 10.2 Å². The quantitative estimate of drug-likeness (QED) is 0.773. The van der Waals surface area contributed by atoms with Crippen LogP contribution in [0.1, 0.15) is 0 Å². The second kappa shape index (κ2) is 6.80. The molecule has 0 aliphatic carbocycles. The first kappa shape index (κ1) is 16.8. The highest BCUT2D eigenvalue weighted by molar-refractivity contribution is 8.00. The van der Waals surface area contributed by atoms with E-state index >= 15 is 0 Å². The highest BCUT2D eigenvalue weighted by atomic mass is 32.2. The molecule has 0 fully saturated rings. The van der Waals surface area contributed by atoms with Crippen molar-refractivity contribution in [3.05, 3.63) is 34.8 Å². The van der Waals surface area contributed by atoms with Gasteiger partial charge in [-0.05, 0) is 0 Å². The second-order valence-electron chi connectivity index (χ2n) is 2.07. The predicted molar refractivity (Wildman–Crippen MR) is 58.0 cm³/mol. The minimum Gasteiger partial charge on any atom is -0.450 e. The summed E-state index contributed by atoms with van der Waals surface area (Å²) in [6, 6.07) is 0. The molecule has 0 saturated carbocycles. The van der Waals surface area contributed by atoms with Gasteiger partial charge in [0.25, 0.3) is 0 Å². The number of sulfone groups is 2. The summed E-state index contributed by atoms with van der Waals surface area (Å²) < 4.78 is 42.6. The zero-order chi connectivity index (χ0) is 13.4. The van der Waals surface area contributed by atoms with Crippen molar-refractivity contribution in [1.82, 2.24) is 0 Å². The molecule has 0 spiro atoms. The van der Waals surface area contributed by atoms with E-state index in [2.05, 4.69) is 13.2 Å². The highest BCUT2D eigenvalue weighted by Crippen LogP contribution is 1.98. The third-order valence-corrected chi connectivity index (χ3v) is 3.03. The normalized spacial score (nSPS) is 11.2. The van der Waals surface area contributed by atoms with Crippen molar-refractivity contribution in [3.63, 3.8) is 0 Å². The third kappa shape index (κ3) is 12.4. The fraction of sp³-hybridized carbons (Fsp3) is 0. The van der Waals surface area contributed by atoms with Crippen molar-refractivity contribution < 1.29 is 31.8 Å². The Balaban J connectivity index is 0. The molecule has 7 nitrogen and oxygen atoms in total. The lowest BCUT2D eigenvalue weighted by molar-refractivity contribution is 0.137. The largest absolute Gasteiger partial charge is 0.503 e. The molecular formula is C7H10O7S2. The minimum atomic E-state index is -3.61. The van der Waals surface area contributed by atoms with Crippen molar-refractivity contribution in [1.29, 1.82) is 0 Å². The molecule has 0 aromatic rings. The van der Waals surface area contributed by atoms with Gasteiger partial charge in [0.15, 0.2) is 19.7 Å². The number of carboxylic acid groups (broad SMARTS) is 2. The second-order valence-corrected chi connectivity index (χ2v) is 5.63. The lowest BCUT2D eigenvalue weighted by Gasteiger charge is -1.86. The average Bonchev–Trinajstić information content (AvgIpc) is 2.15. The zero-order valence-electron chi connectivity index (χ0n) is 7.98. The molecule has 0 aromatic carbocycles. The first-order chi connectivity index (χ1) is 7.06. The Labute approximate surface area is 92.9 Å². The van der Waals surface area contributed by atoms with Gasteiger partial charge in [-0.1, -0.05) is 13.2 Å². The van der Waals surface area contributed by atoms with Gasteiger partial charge in [0, 0.05) is 21.6 Å². The molecule has 0 aliphatic rings. The molecule has 16 heavy (non-hydrogen) atoms. The molecule has 0 radical (unpaired) electrons. The van der Waals surface area contributed by atoms with Gasteiger partial charge in [-0.2, -0.15) is 0 Å². The van der Waals surface area contributed by atoms with Crippen molar-refractivity contribution >= 4 is 25.8 Å². The highest BCUT2D eigenvalue weighted by Gasteiger charge is 2.02. The Hall–Kier alpha value is -1.61. The smallest absolute Gasteiger partial charge is 0.450 e. The Kier molecular flexibility index (Phi) is 7.14. The summed E-state index contributed by atoms with van der Waals surface area (Å²) in [5.41, 5.74) is 0. The van der Waals surface area contributed by atoms with Gasteiger partial charge >= 0.3 is 6.16 Å². The summed E-state index contributed by atoms with van der Waals surface area (Å²) in [5.74, 6) is 0. The van der Waals surface area contributed by atoms with Gasteiger partial charge in [-0.3, -0.25) is 0 Å². The SMILES string of the molecule is C=CS(=O)(=O)C=CS(=O)(=O)C=C.O=C(O)O. The van der Waals surface area contributed by atoms with Crippen LogP contribution < -0.4 is 0 Å². The molecule has 0 bridgehead atoms. The number of hydrogen-bond donors (Lipinski definition) is 2. The lowest BCUT2D eigenvalue weighted by Crippen LogP contribution is -1.91. The summed E-state index contributed by atoms with van der Waals surface area (Å²) >= 11 is 0. The molecule has 9 heteroatoms. The summed E-state index contributed by atoms with van der Waals surface area (Å²) in [4.78, 5) is 8.56. The van der Waals surface area contributed by atoms with Gasteiger partial charge in [0.2, 0.25) is 0 Å². The van der Waals surface area contributed by atoms with Crippen LogP contribution in [0.25, 0.3) is 0 Å². The Morgan fingerprint density at radius 2 is 1.06 bits per heavy atom. The van der Waals surface area contributed by atoms with Crippen molar-refractivity contribution in [2.45, 2.75) is 0 Å². The van der Waals surface area contributed by atoms with E-state index in [4.69, 9.17) is 15.0 Å². The van der Waals surface area contributed by atoms with E-state index in [1.165, 1.54) is 0 Å². The fourth-order valence-electron chi connectivity index (χ4n) is 0.266. The summed E-state index contributed by atoms with van der Waals surface area (Å²) in [7, 11) is -7.21. The summed E-state index contributed by atoms with van der Waals surface area (Å²) in [6.45, 7) is 6.00. The lowest BCUT2D eigenvalue weighted by atomic mass is 11.2. The van der Waals surface area contributed by atoms with E-state index < -0.39 is 25.8 Å². The third-order valence-electron chi connectivity index (χ3n) is 0.900. The Morgan fingerprint density at radius 3 is 1.19 bits per heavy atom. The van der Waals surface area contributed by atoms with Crippen LogP contribution in [0.2, 0.25) is 0 Å². The predicted octanol–water partition coefficient (Wildman–Crippen LogP) is 0.797. The first-order valence-electron chi connectivity index (χ1n) is 3.41. The van der Waals surface area contributed by atoms with Crippen LogP contribution in [-0.2, 0) is 19.7 Å². The van der Waals surface area contributed by atoms with Crippen LogP contribution in [0.15, 0.2) is 34.8 Å². The standard InChI is InChI=1S/C6H8O4S2.CH2O3/c1-3-11(7,8)5-6-12(9,10)4-2;2-1(3)4/h3-6H,1-2H2;(H2,2,3,4). The maximum atomic E-state index is 10.7. The van der Waals surface area contributed by atoms with Crippen molar-refractivity contribution in [2.75, 3.05) is 0 Å². The average molecular weight is 270 g/mol. The van der Waals surface area contributed by atoms with Crippen LogP contribution in [0.4, 0.5) is 4.79 Å². The van der Waals surface area contributed by atoms with Crippen LogP contribution in [0, 0.1) is 0 Å². The molecular weight excluding hydrogens is 260 g/mol. The molecule has 0 heterocycles. The molecule has 0 aliphatic heterocycles. The van der Waals surface area contributed by atoms with Gasteiger partial charge in [-0.25, -0.2) is 21.6 Å². The maximum Gasteiger partial charge on any atom is 0.503 e. The first-order valence-corrected chi connectivity index (χ1v) is 6.63. The minimum absolute atomic E-state index is 0.553. The molecule has 0 atom stereocenters. The fourth-order valence-corrected chi connectivity index (χ4v) is 1.73. The Morgan fingerprint density at radius 1 is 0.875 bits per heavy atom. The van der Waals surface area contributed by atoms with E-state index in [9.17, 15) is 16.8 Å². The maximum absolute atomic E-state index is 10.7. The molecule has 0 amide bonds. The molecule has 2 N–H and O–H groups in total. The van der Waals surface area contributed by atoms with Crippen LogP contribution in [-0.4, -0.2) is 33.2 Å². The number of rotatable bonds is 4. The van der Waals surface area contributed by atoms with Crippen molar-refractivity contribution in [3.8, 4) is 0 Å². The van der Waals surface area contributed by atoms with Crippen LogP contribution in [0.3, 0.4) is 0 Å². The van der Waals surface area contributed by atoms with E-state index in [1.54, 1.807) is 0 Å². The number of carbonyl (C=O) groups is 1. The van der Waals surface area contributed by atoms with Gasteiger partial charge in [0.1, 0.15) is 0 Å². The molecule has 0 aromatic heterocycles. The molecule has 0 rings (SSSR count). The van der Waals surface area contributed by atoms with Crippen molar-refractivity contribution in [2.24, 2.45) is 0 Å². The zero-order valence-corrected chi connectivity index (χ0v) is 9.61.